The molecule has 114 valence electrons. The van der Waals surface area contributed by atoms with Crippen molar-refractivity contribution >= 4 is 27.1 Å². The molecule has 0 saturated heterocycles. The number of aromatic nitrogens is 6. The van der Waals surface area contributed by atoms with Gasteiger partial charge in [-0.05, 0) is 41.0 Å². The number of tetrazole rings is 1. The van der Waals surface area contributed by atoms with E-state index in [2.05, 4.69) is 30.2 Å². The Morgan fingerprint density at radius 1 is 1.27 bits per heavy atom. The first-order valence-electron chi connectivity index (χ1n) is 6.27. The molecule has 1 aromatic carbocycles. The minimum Gasteiger partial charge on any atom is -0.260 e. The first-order chi connectivity index (χ1) is 10.6. The second-order valence-electron chi connectivity index (χ2n) is 4.19. The highest BCUT2D eigenvalue weighted by Crippen LogP contribution is 2.23. The Morgan fingerprint density at radius 2 is 2.05 bits per heavy atom. The summed E-state index contributed by atoms with van der Waals surface area (Å²) in [6.45, 7) is 1.87. The van der Waals surface area contributed by atoms with Crippen molar-refractivity contribution in [3.63, 3.8) is 0 Å². The third-order valence-corrected chi connectivity index (χ3v) is 5.61. The number of rotatable bonds is 5. The molecule has 3 rings (SSSR count). The first-order valence-corrected chi connectivity index (χ1v) is 8.53. The number of nitrogens with zero attached hydrogens (tertiary/aromatic N) is 6. The number of anilines is 1. The van der Waals surface area contributed by atoms with Gasteiger partial charge in [0.25, 0.3) is 0 Å². The maximum absolute atomic E-state index is 12.4. The number of hydrogen-bond donors (Lipinski definition) is 1. The van der Waals surface area contributed by atoms with E-state index in [1.165, 1.54) is 23.4 Å². The van der Waals surface area contributed by atoms with Crippen molar-refractivity contribution in [2.24, 2.45) is 0 Å². The molecule has 11 heteroatoms. The fourth-order valence-corrected chi connectivity index (χ4v) is 3.85. The lowest BCUT2D eigenvalue weighted by atomic mass is 10.3. The summed E-state index contributed by atoms with van der Waals surface area (Å²) < 4.78 is 28.9. The van der Waals surface area contributed by atoms with Gasteiger partial charge in [-0.15, -0.1) is 10.2 Å². The fraction of sp³-hybridized carbons (Fsp3) is 0.182. The molecule has 0 atom stereocenters. The molecule has 2 aromatic heterocycles. The van der Waals surface area contributed by atoms with Gasteiger partial charge in [-0.1, -0.05) is 11.8 Å². The third kappa shape index (κ3) is 2.80. The predicted octanol–water partition coefficient (Wildman–Crippen LogP) is 0.795. The second kappa shape index (κ2) is 5.77. The van der Waals surface area contributed by atoms with E-state index in [9.17, 15) is 8.42 Å². The standard InChI is InChI=1S/C11H11N7O2S2/c1-2-10-14-11(21-16-10)22(19,20)9-5-3-8(4-6-9)15-18-13-7-12-17-18/h3-7,15H,2H2,1H3. The zero-order valence-corrected chi connectivity index (χ0v) is 13.0. The maximum Gasteiger partial charge on any atom is 0.235 e. The number of aryl methyl sites for hydroxylation is 1. The molecule has 0 aliphatic carbocycles. The number of sulfone groups is 1. The van der Waals surface area contributed by atoms with Crippen LogP contribution in [0.3, 0.4) is 0 Å². The Bertz CT molecular complexity index is 856. The van der Waals surface area contributed by atoms with Crippen molar-refractivity contribution in [1.82, 2.24) is 29.7 Å². The van der Waals surface area contributed by atoms with Gasteiger partial charge in [0.05, 0.1) is 10.6 Å². The zero-order chi connectivity index (χ0) is 15.6. The summed E-state index contributed by atoms with van der Waals surface area (Å²) in [5, 5.41) is 11.0. The molecule has 0 spiro atoms. The summed E-state index contributed by atoms with van der Waals surface area (Å²) in [5.74, 6) is 0.527. The Kier molecular flexibility index (Phi) is 3.81. The summed E-state index contributed by atoms with van der Waals surface area (Å²) in [6, 6.07) is 6.19. The SMILES string of the molecule is CCc1nsc(S(=O)(=O)c2ccc(Nn3ncnn3)cc2)n1. The van der Waals surface area contributed by atoms with Gasteiger partial charge in [0.15, 0.2) is 6.33 Å². The van der Waals surface area contributed by atoms with Crippen LogP contribution >= 0.6 is 11.5 Å². The normalized spacial score (nSPS) is 11.5. The highest BCUT2D eigenvalue weighted by Gasteiger charge is 2.22. The van der Waals surface area contributed by atoms with Gasteiger partial charge in [-0.25, -0.2) is 13.4 Å². The van der Waals surface area contributed by atoms with Crippen LogP contribution in [0.4, 0.5) is 5.69 Å². The molecule has 0 unspecified atom stereocenters. The van der Waals surface area contributed by atoms with Crippen LogP contribution in [0.25, 0.3) is 0 Å². The van der Waals surface area contributed by atoms with E-state index >= 15 is 0 Å². The molecule has 3 aromatic rings. The van der Waals surface area contributed by atoms with Gasteiger partial charge in [0, 0.05) is 6.42 Å². The number of nitrogens with one attached hydrogen (secondary N) is 1. The third-order valence-electron chi connectivity index (χ3n) is 2.74. The fourth-order valence-electron chi connectivity index (χ4n) is 1.63. The van der Waals surface area contributed by atoms with E-state index in [-0.39, 0.29) is 9.24 Å². The summed E-state index contributed by atoms with van der Waals surface area (Å²) in [4.78, 5) is 5.36. The number of benzene rings is 1. The Labute approximate surface area is 130 Å². The molecule has 0 radical (unpaired) electrons. The summed E-state index contributed by atoms with van der Waals surface area (Å²) in [7, 11) is -3.64. The van der Waals surface area contributed by atoms with Crippen molar-refractivity contribution in [3.8, 4) is 0 Å². The van der Waals surface area contributed by atoms with Gasteiger partial charge in [-0.3, -0.25) is 5.43 Å². The van der Waals surface area contributed by atoms with Gasteiger partial charge >= 0.3 is 0 Å². The van der Waals surface area contributed by atoms with E-state index in [1.54, 1.807) is 12.1 Å². The summed E-state index contributed by atoms with van der Waals surface area (Å²) in [6.07, 6.45) is 1.88. The van der Waals surface area contributed by atoms with Crippen LogP contribution in [0.15, 0.2) is 39.8 Å². The predicted molar refractivity (Wildman–Crippen MR) is 78.0 cm³/mol. The molecule has 9 nitrogen and oxygen atoms in total. The van der Waals surface area contributed by atoms with Crippen LogP contribution in [-0.4, -0.2) is 38.1 Å². The quantitative estimate of drug-likeness (QED) is 0.726. The van der Waals surface area contributed by atoms with Crippen LogP contribution in [0.2, 0.25) is 0 Å². The van der Waals surface area contributed by atoms with Crippen molar-refractivity contribution < 1.29 is 8.42 Å². The largest absolute Gasteiger partial charge is 0.260 e. The van der Waals surface area contributed by atoms with Crippen molar-refractivity contribution in [3.05, 3.63) is 36.4 Å². The molecule has 0 aliphatic rings. The maximum atomic E-state index is 12.4. The average molecular weight is 337 g/mol. The lowest BCUT2D eigenvalue weighted by Crippen LogP contribution is -2.12. The van der Waals surface area contributed by atoms with E-state index < -0.39 is 9.84 Å². The summed E-state index contributed by atoms with van der Waals surface area (Å²) >= 11 is 0.887. The van der Waals surface area contributed by atoms with E-state index in [1.807, 2.05) is 6.92 Å². The van der Waals surface area contributed by atoms with Crippen LogP contribution in [0.1, 0.15) is 12.7 Å². The molecule has 0 bridgehead atoms. The highest BCUT2D eigenvalue weighted by atomic mass is 32.2. The molecular weight excluding hydrogens is 326 g/mol. The van der Waals surface area contributed by atoms with Crippen molar-refractivity contribution in [2.45, 2.75) is 22.6 Å². The number of hydrogen-bond acceptors (Lipinski definition) is 9. The molecule has 0 aliphatic heterocycles. The highest BCUT2D eigenvalue weighted by molar-refractivity contribution is 7.93. The molecular formula is C11H11N7O2S2. The van der Waals surface area contributed by atoms with E-state index in [0.717, 1.165) is 11.5 Å². The molecule has 22 heavy (non-hydrogen) atoms. The Balaban J connectivity index is 1.85. The minimum atomic E-state index is -3.64. The van der Waals surface area contributed by atoms with Crippen LogP contribution in [0, 0.1) is 0 Å². The Hall–Kier alpha value is -2.40. The minimum absolute atomic E-state index is 0.00278. The zero-order valence-electron chi connectivity index (χ0n) is 11.4. The van der Waals surface area contributed by atoms with E-state index in [4.69, 9.17) is 0 Å². The van der Waals surface area contributed by atoms with Crippen molar-refractivity contribution in [2.75, 3.05) is 5.43 Å². The van der Waals surface area contributed by atoms with Crippen molar-refractivity contribution in [1.29, 1.82) is 0 Å². The van der Waals surface area contributed by atoms with Gasteiger partial charge in [0.2, 0.25) is 14.2 Å². The van der Waals surface area contributed by atoms with Crippen LogP contribution < -0.4 is 5.43 Å². The van der Waals surface area contributed by atoms with Crippen LogP contribution in [0.5, 0.6) is 0 Å². The molecule has 1 N–H and O–H groups in total. The summed E-state index contributed by atoms with van der Waals surface area (Å²) in [5.41, 5.74) is 3.46. The van der Waals surface area contributed by atoms with E-state index in [0.29, 0.717) is 17.9 Å². The molecule has 0 fully saturated rings. The second-order valence-corrected chi connectivity index (χ2v) is 7.07. The molecule has 2 heterocycles. The topological polar surface area (TPSA) is 116 Å². The monoisotopic (exact) mass is 337 g/mol. The average Bonchev–Trinajstić information content (AvgIpc) is 3.19. The Morgan fingerprint density at radius 3 is 2.64 bits per heavy atom. The smallest absolute Gasteiger partial charge is 0.235 e. The lowest BCUT2D eigenvalue weighted by molar-refractivity contribution is 0.595. The van der Waals surface area contributed by atoms with Gasteiger partial charge < -0.3 is 0 Å². The van der Waals surface area contributed by atoms with Gasteiger partial charge in [0.1, 0.15) is 5.82 Å². The molecule has 0 amide bonds. The first kappa shape index (κ1) is 14.5. The van der Waals surface area contributed by atoms with Gasteiger partial charge in [-0.2, -0.15) is 4.37 Å². The van der Waals surface area contributed by atoms with Crippen LogP contribution in [-0.2, 0) is 16.3 Å². The lowest BCUT2D eigenvalue weighted by Gasteiger charge is -2.05. The molecule has 0 saturated carbocycles.